The predicted molar refractivity (Wildman–Crippen MR) is 91.3 cm³/mol. The molecule has 22 heavy (non-hydrogen) atoms. The van der Waals surface area contributed by atoms with E-state index in [1.807, 2.05) is 13.0 Å². The van der Waals surface area contributed by atoms with E-state index in [0.717, 1.165) is 23.1 Å². The molecule has 0 aromatic heterocycles. The SMILES string of the molecule is Cc1cc(C)c(O)c(-c2cccc3c2-c2ccccc2C3)c1. The third kappa shape index (κ3) is 1.86. The number of phenols is 1. The average molecular weight is 286 g/mol. The molecular weight excluding hydrogens is 268 g/mol. The van der Waals surface area contributed by atoms with Crippen LogP contribution in [0, 0.1) is 13.8 Å². The average Bonchev–Trinajstić information content (AvgIpc) is 2.89. The first kappa shape index (κ1) is 13.1. The van der Waals surface area contributed by atoms with Crippen molar-refractivity contribution in [3.8, 4) is 28.0 Å². The van der Waals surface area contributed by atoms with E-state index in [1.165, 1.54) is 27.8 Å². The van der Waals surface area contributed by atoms with Crippen LogP contribution in [0.2, 0.25) is 0 Å². The Labute approximate surface area is 130 Å². The van der Waals surface area contributed by atoms with Gasteiger partial charge < -0.3 is 5.11 Å². The number of benzene rings is 3. The highest BCUT2D eigenvalue weighted by Gasteiger charge is 2.22. The van der Waals surface area contributed by atoms with Crippen molar-refractivity contribution in [1.82, 2.24) is 0 Å². The Bertz CT molecular complexity index is 890. The molecule has 0 saturated heterocycles. The van der Waals surface area contributed by atoms with Crippen LogP contribution in [0.15, 0.2) is 54.6 Å². The molecule has 1 aliphatic rings. The summed E-state index contributed by atoms with van der Waals surface area (Å²) >= 11 is 0. The number of aromatic hydroxyl groups is 1. The molecule has 3 aromatic carbocycles. The molecule has 3 aromatic rings. The monoisotopic (exact) mass is 286 g/mol. The Hall–Kier alpha value is -2.54. The molecule has 0 bridgehead atoms. The Kier molecular flexibility index (Phi) is 2.83. The van der Waals surface area contributed by atoms with Crippen LogP contribution in [0.3, 0.4) is 0 Å². The van der Waals surface area contributed by atoms with Crippen LogP contribution in [0.4, 0.5) is 0 Å². The van der Waals surface area contributed by atoms with E-state index in [4.69, 9.17) is 0 Å². The molecule has 1 nitrogen and oxygen atoms in total. The van der Waals surface area contributed by atoms with E-state index in [1.54, 1.807) is 0 Å². The van der Waals surface area contributed by atoms with Gasteiger partial charge in [0, 0.05) is 5.56 Å². The molecule has 0 heterocycles. The first-order chi connectivity index (χ1) is 10.6. The van der Waals surface area contributed by atoms with Gasteiger partial charge in [0.25, 0.3) is 0 Å². The summed E-state index contributed by atoms with van der Waals surface area (Å²) in [6.07, 6.45) is 0.977. The van der Waals surface area contributed by atoms with Crippen molar-refractivity contribution in [1.29, 1.82) is 0 Å². The van der Waals surface area contributed by atoms with E-state index in [-0.39, 0.29) is 0 Å². The maximum atomic E-state index is 10.6. The summed E-state index contributed by atoms with van der Waals surface area (Å²) in [5, 5.41) is 10.6. The summed E-state index contributed by atoms with van der Waals surface area (Å²) in [4.78, 5) is 0. The molecule has 108 valence electrons. The van der Waals surface area contributed by atoms with Gasteiger partial charge >= 0.3 is 0 Å². The molecule has 0 amide bonds. The molecule has 1 heteroatoms. The lowest BCUT2D eigenvalue weighted by Gasteiger charge is -2.14. The van der Waals surface area contributed by atoms with Gasteiger partial charge in [0.05, 0.1) is 0 Å². The largest absolute Gasteiger partial charge is 0.507 e. The lowest BCUT2D eigenvalue weighted by Crippen LogP contribution is -1.89. The standard InChI is InChI=1S/C21H18O/c1-13-10-14(2)21(22)19(11-13)18-9-5-7-16-12-15-6-3-4-8-17(15)20(16)18/h3-11,22H,12H2,1-2H3. The molecular formula is C21H18O. The van der Waals surface area contributed by atoms with Crippen LogP contribution < -0.4 is 0 Å². The van der Waals surface area contributed by atoms with Gasteiger partial charge in [0.2, 0.25) is 0 Å². The molecule has 0 radical (unpaired) electrons. The minimum atomic E-state index is 0.392. The summed E-state index contributed by atoms with van der Waals surface area (Å²) in [5.74, 6) is 0.392. The van der Waals surface area contributed by atoms with E-state index >= 15 is 0 Å². The quantitative estimate of drug-likeness (QED) is 0.507. The minimum absolute atomic E-state index is 0.392. The van der Waals surface area contributed by atoms with E-state index in [0.29, 0.717) is 5.75 Å². The highest BCUT2D eigenvalue weighted by molar-refractivity contribution is 5.92. The van der Waals surface area contributed by atoms with Crippen molar-refractivity contribution in [2.24, 2.45) is 0 Å². The Morgan fingerprint density at radius 3 is 2.36 bits per heavy atom. The number of rotatable bonds is 1. The molecule has 0 fully saturated rings. The fourth-order valence-corrected chi connectivity index (χ4v) is 3.58. The van der Waals surface area contributed by atoms with Crippen molar-refractivity contribution >= 4 is 0 Å². The Morgan fingerprint density at radius 2 is 1.50 bits per heavy atom. The number of phenolic OH excluding ortho intramolecular Hbond substituents is 1. The molecule has 0 atom stereocenters. The maximum absolute atomic E-state index is 10.6. The predicted octanol–water partition coefficient (Wildman–Crippen LogP) is 5.25. The van der Waals surface area contributed by atoms with Crippen molar-refractivity contribution < 1.29 is 5.11 Å². The zero-order valence-corrected chi connectivity index (χ0v) is 12.9. The van der Waals surface area contributed by atoms with Gasteiger partial charge in [-0.25, -0.2) is 0 Å². The molecule has 1 aliphatic carbocycles. The van der Waals surface area contributed by atoms with Crippen molar-refractivity contribution in [2.75, 3.05) is 0 Å². The van der Waals surface area contributed by atoms with Crippen LogP contribution in [-0.4, -0.2) is 5.11 Å². The van der Waals surface area contributed by atoms with E-state index in [2.05, 4.69) is 55.5 Å². The van der Waals surface area contributed by atoms with Crippen molar-refractivity contribution in [2.45, 2.75) is 20.3 Å². The number of aryl methyl sites for hydroxylation is 2. The second kappa shape index (κ2) is 4.74. The third-order valence-corrected chi connectivity index (χ3v) is 4.55. The summed E-state index contributed by atoms with van der Waals surface area (Å²) in [6.45, 7) is 4.04. The fraction of sp³-hybridized carbons (Fsp3) is 0.143. The first-order valence-corrected chi connectivity index (χ1v) is 7.66. The summed E-state index contributed by atoms with van der Waals surface area (Å²) in [6, 6.07) is 19.1. The van der Waals surface area contributed by atoms with Crippen LogP contribution in [0.25, 0.3) is 22.3 Å². The second-order valence-corrected chi connectivity index (χ2v) is 6.15. The van der Waals surface area contributed by atoms with Crippen molar-refractivity contribution in [3.63, 3.8) is 0 Å². The molecule has 4 rings (SSSR count). The number of fused-ring (bicyclic) bond motifs is 3. The highest BCUT2D eigenvalue weighted by atomic mass is 16.3. The van der Waals surface area contributed by atoms with Crippen LogP contribution in [-0.2, 0) is 6.42 Å². The summed E-state index contributed by atoms with van der Waals surface area (Å²) in [5.41, 5.74) is 9.46. The molecule has 0 saturated carbocycles. The first-order valence-electron chi connectivity index (χ1n) is 7.66. The van der Waals surface area contributed by atoms with Gasteiger partial charge in [-0.1, -0.05) is 48.5 Å². The van der Waals surface area contributed by atoms with Gasteiger partial charge in [-0.05, 0) is 65.3 Å². The highest BCUT2D eigenvalue weighted by Crippen LogP contribution is 2.45. The number of hydrogen-bond donors (Lipinski definition) is 1. The van der Waals surface area contributed by atoms with E-state index < -0.39 is 0 Å². The van der Waals surface area contributed by atoms with Gasteiger partial charge in [-0.15, -0.1) is 0 Å². The van der Waals surface area contributed by atoms with Crippen LogP contribution >= 0.6 is 0 Å². The van der Waals surface area contributed by atoms with Gasteiger partial charge in [-0.2, -0.15) is 0 Å². The molecule has 0 aliphatic heterocycles. The lowest BCUT2D eigenvalue weighted by atomic mass is 9.91. The zero-order chi connectivity index (χ0) is 15.3. The van der Waals surface area contributed by atoms with E-state index in [9.17, 15) is 5.11 Å². The molecule has 0 unspecified atom stereocenters. The fourth-order valence-electron chi connectivity index (χ4n) is 3.58. The Balaban J connectivity index is 2.03. The normalized spacial score (nSPS) is 12.1. The smallest absolute Gasteiger partial charge is 0.126 e. The van der Waals surface area contributed by atoms with Gasteiger partial charge in [-0.3, -0.25) is 0 Å². The Morgan fingerprint density at radius 1 is 0.773 bits per heavy atom. The second-order valence-electron chi connectivity index (χ2n) is 6.15. The molecule has 0 spiro atoms. The zero-order valence-electron chi connectivity index (χ0n) is 12.9. The van der Waals surface area contributed by atoms with Gasteiger partial charge in [0.1, 0.15) is 5.75 Å². The topological polar surface area (TPSA) is 20.2 Å². The van der Waals surface area contributed by atoms with Gasteiger partial charge in [0.15, 0.2) is 0 Å². The molecule has 1 N–H and O–H groups in total. The summed E-state index contributed by atoms with van der Waals surface area (Å²) < 4.78 is 0. The minimum Gasteiger partial charge on any atom is -0.507 e. The van der Waals surface area contributed by atoms with Crippen molar-refractivity contribution in [3.05, 3.63) is 76.9 Å². The third-order valence-electron chi connectivity index (χ3n) is 4.55. The lowest BCUT2D eigenvalue weighted by molar-refractivity contribution is 0.473. The summed E-state index contributed by atoms with van der Waals surface area (Å²) in [7, 11) is 0. The maximum Gasteiger partial charge on any atom is 0.126 e. The number of hydrogen-bond acceptors (Lipinski definition) is 1. The van der Waals surface area contributed by atoms with Crippen LogP contribution in [0.1, 0.15) is 22.3 Å². The van der Waals surface area contributed by atoms with Crippen LogP contribution in [0.5, 0.6) is 5.75 Å².